The van der Waals surface area contributed by atoms with Crippen LogP contribution in [0.4, 0.5) is 5.69 Å². The second kappa shape index (κ2) is 5.64. The summed E-state index contributed by atoms with van der Waals surface area (Å²) < 4.78 is 26.8. The zero-order valence-electron chi connectivity index (χ0n) is 10.6. The lowest BCUT2D eigenvalue weighted by atomic mass is 10.2. The molecule has 0 aliphatic heterocycles. The van der Waals surface area contributed by atoms with Gasteiger partial charge in [-0.3, -0.25) is 9.52 Å². The molecule has 0 unspecified atom stereocenters. The van der Waals surface area contributed by atoms with Gasteiger partial charge in [-0.05, 0) is 42.8 Å². The van der Waals surface area contributed by atoms with Crippen LogP contribution in [-0.2, 0) is 10.0 Å². The van der Waals surface area contributed by atoms with Crippen LogP contribution in [-0.4, -0.2) is 13.7 Å². The number of hydrogen-bond acceptors (Lipinski definition) is 3. The molecule has 0 spiro atoms. The van der Waals surface area contributed by atoms with E-state index in [9.17, 15) is 13.2 Å². The van der Waals surface area contributed by atoms with Gasteiger partial charge in [-0.2, -0.15) is 0 Å². The molecule has 20 heavy (non-hydrogen) atoms. The number of para-hydroxylation sites is 1. The lowest BCUT2D eigenvalue weighted by Crippen LogP contribution is -2.14. The van der Waals surface area contributed by atoms with Crippen molar-refractivity contribution in [1.29, 1.82) is 0 Å². The molecule has 0 fully saturated rings. The minimum atomic E-state index is -3.75. The number of halogens is 1. The van der Waals surface area contributed by atoms with E-state index < -0.39 is 15.3 Å². The maximum Gasteiger partial charge on any atom is 0.261 e. The first-order valence-electron chi connectivity index (χ1n) is 5.78. The van der Waals surface area contributed by atoms with E-state index in [0.29, 0.717) is 0 Å². The fourth-order valence-corrected chi connectivity index (χ4v) is 2.91. The number of benzene rings is 2. The van der Waals surface area contributed by atoms with Crippen LogP contribution in [0.15, 0.2) is 53.4 Å². The van der Waals surface area contributed by atoms with Crippen molar-refractivity contribution in [1.82, 2.24) is 0 Å². The Morgan fingerprint density at radius 1 is 1.05 bits per heavy atom. The molecule has 0 radical (unpaired) electrons. The van der Waals surface area contributed by atoms with E-state index in [4.69, 9.17) is 11.6 Å². The van der Waals surface area contributed by atoms with Crippen molar-refractivity contribution >= 4 is 32.6 Å². The highest BCUT2D eigenvalue weighted by molar-refractivity contribution is 7.92. The van der Waals surface area contributed by atoms with Gasteiger partial charge in [-0.1, -0.05) is 29.8 Å². The second-order valence-electron chi connectivity index (χ2n) is 4.24. The summed E-state index contributed by atoms with van der Waals surface area (Å²) >= 11 is 5.43. The molecule has 4 nitrogen and oxygen atoms in total. The molecule has 2 rings (SSSR count). The van der Waals surface area contributed by atoms with Gasteiger partial charge in [0.1, 0.15) is 0 Å². The molecule has 0 bridgehead atoms. The Bertz CT molecular complexity index is 739. The Hall–Kier alpha value is -1.85. The Kier molecular flexibility index (Phi) is 4.11. The van der Waals surface area contributed by atoms with Crippen LogP contribution in [0.1, 0.15) is 15.9 Å². The summed E-state index contributed by atoms with van der Waals surface area (Å²) in [6.45, 7) is 1.87. The maximum atomic E-state index is 12.2. The van der Waals surface area contributed by atoms with E-state index >= 15 is 0 Å². The lowest BCUT2D eigenvalue weighted by Gasteiger charge is -2.10. The highest BCUT2D eigenvalue weighted by Gasteiger charge is 2.17. The second-order valence-corrected chi connectivity index (χ2v) is 6.26. The SMILES string of the molecule is Cc1ccc(S(=O)(=O)Nc2ccccc2C(=O)Cl)cc1. The summed E-state index contributed by atoms with van der Waals surface area (Å²) in [4.78, 5) is 11.4. The number of anilines is 1. The van der Waals surface area contributed by atoms with Gasteiger partial charge in [0, 0.05) is 0 Å². The minimum Gasteiger partial charge on any atom is -0.279 e. The normalized spacial score (nSPS) is 11.1. The van der Waals surface area contributed by atoms with Crippen LogP contribution >= 0.6 is 11.6 Å². The number of nitrogens with one attached hydrogen (secondary N) is 1. The summed E-state index contributed by atoms with van der Waals surface area (Å²) in [5.74, 6) is 0. The van der Waals surface area contributed by atoms with Gasteiger partial charge < -0.3 is 0 Å². The summed E-state index contributed by atoms with van der Waals surface area (Å²) in [6.07, 6.45) is 0. The summed E-state index contributed by atoms with van der Waals surface area (Å²) in [5.41, 5.74) is 1.23. The molecule has 0 aliphatic carbocycles. The van der Waals surface area contributed by atoms with Crippen molar-refractivity contribution in [3.8, 4) is 0 Å². The first-order valence-corrected chi connectivity index (χ1v) is 7.64. The monoisotopic (exact) mass is 309 g/mol. The number of aryl methyl sites for hydroxylation is 1. The minimum absolute atomic E-state index is 0.116. The fourth-order valence-electron chi connectivity index (χ4n) is 1.66. The molecular weight excluding hydrogens is 298 g/mol. The average molecular weight is 310 g/mol. The van der Waals surface area contributed by atoms with Crippen LogP contribution in [0, 0.1) is 6.92 Å². The molecule has 0 aromatic heterocycles. The van der Waals surface area contributed by atoms with E-state index in [2.05, 4.69) is 4.72 Å². The molecule has 104 valence electrons. The molecule has 2 aromatic rings. The highest BCUT2D eigenvalue weighted by Crippen LogP contribution is 2.21. The largest absolute Gasteiger partial charge is 0.279 e. The summed E-state index contributed by atoms with van der Waals surface area (Å²) in [5, 5.41) is -0.716. The van der Waals surface area contributed by atoms with E-state index in [1.165, 1.54) is 24.3 Å². The van der Waals surface area contributed by atoms with E-state index in [1.54, 1.807) is 24.3 Å². The Morgan fingerprint density at radius 3 is 2.25 bits per heavy atom. The van der Waals surface area contributed by atoms with Crippen molar-refractivity contribution in [2.24, 2.45) is 0 Å². The molecule has 0 amide bonds. The van der Waals surface area contributed by atoms with Gasteiger partial charge in [0.15, 0.2) is 0 Å². The van der Waals surface area contributed by atoms with Gasteiger partial charge >= 0.3 is 0 Å². The number of rotatable bonds is 4. The summed E-state index contributed by atoms with van der Waals surface area (Å²) in [7, 11) is -3.75. The van der Waals surface area contributed by atoms with Crippen LogP contribution in [0.2, 0.25) is 0 Å². The van der Waals surface area contributed by atoms with Gasteiger partial charge in [-0.15, -0.1) is 0 Å². The van der Waals surface area contributed by atoms with Gasteiger partial charge in [-0.25, -0.2) is 8.42 Å². The van der Waals surface area contributed by atoms with Crippen molar-refractivity contribution < 1.29 is 13.2 Å². The summed E-state index contributed by atoms with van der Waals surface area (Å²) in [6, 6.07) is 12.6. The molecule has 0 heterocycles. The van der Waals surface area contributed by atoms with Gasteiger partial charge in [0.05, 0.1) is 16.1 Å². The van der Waals surface area contributed by atoms with Crippen LogP contribution in [0.25, 0.3) is 0 Å². The molecule has 2 aromatic carbocycles. The zero-order valence-corrected chi connectivity index (χ0v) is 12.2. The first-order chi connectivity index (χ1) is 9.40. The highest BCUT2D eigenvalue weighted by atomic mass is 35.5. The Balaban J connectivity index is 2.38. The number of carbonyl (C=O) groups is 1. The third kappa shape index (κ3) is 3.18. The molecule has 0 saturated carbocycles. The molecule has 0 saturated heterocycles. The van der Waals surface area contributed by atoms with E-state index in [-0.39, 0.29) is 16.1 Å². The van der Waals surface area contributed by atoms with E-state index in [0.717, 1.165) is 5.56 Å². The number of hydrogen-bond donors (Lipinski definition) is 1. The third-order valence-electron chi connectivity index (χ3n) is 2.71. The van der Waals surface area contributed by atoms with Crippen molar-refractivity contribution in [2.45, 2.75) is 11.8 Å². The van der Waals surface area contributed by atoms with Crippen LogP contribution in [0.5, 0.6) is 0 Å². The molecular formula is C14H12ClNO3S. The Morgan fingerprint density at radius 2 is 1.65 bits per heavy atom. The molecule has 1 N–H and O–H groups in total. The predicted molar refractivity (Wildman–Crippen MR) is 78.6 cm³/mol. The Labute approximate surface area is 122 Å². The first kappa shape index (κ1) is 14.6. The standard InChI is InChI=1S/C14H12ClNO3S/c1-10-6-8-11(9-7-10)20(18,19)16-13-5-3-2-4-12(13)14(15)17/h2-9,16H,1H3. The fraction of sp³-hybridized carbons (Fsp3) is 0.0714. The molecule has 0 aliphatic rings. The quantitative estimate of drug-likeness (QED) is 0.882. The van der Waals surface area contributed by atoms with E-state index in [1.807, 2.05) is 6.92 Å². The van der Waals surface area contributed by atoms with Gasteiger partial charge in [0.2, 0.25) is 0 Å². The predicted octanol–water partition coefficient (Wildman–Crippen LogP) is 3.17. The average Bonchev–Trinajstić information content (AvgIpc) is 2.39. The van der Waals surface area contributed by atoms with Crippen LogP contribution in [0.3, 0.4) is 0 Å². The number of carbonyl (C=O) groups excluding carboxylic acids is 1. The lowest BCUT2D eigenvalue weighted by molar-refractivity contribution is 0.108. The maximum absolute atomic E-state index is 12.2. The smallest absolute Gasteiger partial charge is 0.261 e. The number of sulfonamides is 1. The van der Waals surface area contributed by atoms with Crippen LogP contribution < -0.4 is 4.72 Å². The topological polar surface area (TPSA) is 63.2 Å². The third-order valence-corrected chi connectivity index (χ3v) is 4.30. The van der Waals surface area contributed by atoms with Crippen molar-refractivity contribution in [2.75, 3.05) is 4.72 Å². The van der Waals surface area contributed by atoms with Crippen molar-refractivity contribution in [3.63, 3.8) is 0 Å². The molecule has 0 atom stereocenters. The zero-order chi connectivity index (χ0) is 14.8. The van der Waals surface area contributed by atoms with Gasteiger partial charge in [0.25, 0.3) is 15.3 Å². The van der Waals surface area contributed by atoms with Crippen molar-refractivity contribution in [3.05, 3.63) is 59.7 Å². The molecule has 6 heteroatoms.